The molecule has 0 amide bonds. The van der Waals surface area contributed by atoms with Crippen molar-refractivity contribution in [3.63, 3.8) is 0 Å². The SMILES string of the molecule is C1=C(c2ccccc2)O[C@H](COCc2ccccc2)[C@H](OCc2ccccc2)[C@@H]1OCc1ccccc1. The van der Waals surface area contributed by atoms with E-state index in [1.807, 2.05) is 91.0 Å². The van der Waals surface area contributed by atoms with Gasteiger partial charge in [-0.3, -0.25) is 0 Å². The fourth-order valence-corrected chi connectivity index (χ4v) is 4.37. The molecular weight excluding hydrogens is 460 g/mol. The maximum Gasteiger partial charge on any atom is 0.151 e. The molecule has 1 aliphatic heterocycles. The van der Waals surface area contributed by atoms with E-state index >= 15 is 0 Å². The molecule has 4 aromatic carbocycles. The van der Waals surface area contributed by atoms with Crippen LogP contribution in [-0.2, 0) is 38.8 Å². The summed E-state index contributed by atoms with van der Waals surface area (Å²) in [5.41, 5.74) is 4.34. The zero-order valence-corrected chi connectivity index (χ0v) is 20.8. The largest absolute Gasteiger partial charge is 0.485 e. The molecule has 37 heavy (non-hydrogen) atoms. The smallest absolute Gasteiger partial charge is 0.151 e. The molecule has 5 rings (SSSR count). The quantitative estimate of drug-likeness (QED) is 0.230. The summed E-state index contributed by atoms with van der Waals surface area (Å²) in [6, 6.07) is 40.7. The van der Waals surface area contributed by atoms with Crippen molar-refractivity contribution >= 4 is 5.76 Å². The van der Waals surface area contributed by atoms with Gasteiger partial charge in [-0.2, -0.15) is 0 Å². The van der Waals surface area contributed by atoms with Crippen molar-refractivity contribution in [1.29, 1.82) is 0 Å². The minimum absolute atomic E-state index is 0.307. The summed E-state index contributed by atoms with van der Waals surface area (Å²) in [7, 11) is 0. The predicted molar refractivity (Wildman–Crippen MR) is 145 cm³/mol. The number of rotatable bonds is 11. The maximum absolute atomic E-state index is 6.52. The molecule has 0 radical (unpaired) electrons. The summed E-state index contributed by atoms with van der Waals surface area (Å²) in [6.45, 7) is 1.83. The van der Waals surface area contributed by atoms with Crippen molar-refractivity contribution in [2.75, 3.05) is 6.61 Å². The number of hydrogen-bond donors (Lipinski definition) is 0. The molecule has 1 aliphatic rings. The van der Waals surface area contributed by atoms with E-state index in [9.17, 15) is 0 Å². The lowest BCUT2D eigenvalue weighted by molar-refractivity contribution is -0.141. The normalized spacial score (nSPS) is 19.1. The molecular formula is C33H32O4. The van der Waals surface area contributed by atoms with Crippen LogP contribution in [0.15, 0.2) is 127 Å². The van der Waals surface area contributed by atoms with Gasteiger partial charge < -0.3 is 18.9 Å². The molecule has 0 N–H and O–H groups in total. The second-order valence-corrected chi connectivity index (χ2v) is 9.08. The van der Waals surface area contributed by atoms with Crippen molar-refractivity contribution < 1.29 is 18.9 Å². The monoisotopic (exact) mass is 492 g/mol. The van der Waals surface area contributed by atoms with Crippen LogP contribution in [0.3, 0.4) is 0 Å². The maximum atomic E-state index is 6.52. The second kappa shape index (κ2) is 13.0. The van der Waals surface area contributed by atoms with E-state index in [2.05, 4.69) is 36.4 Å². The highest BCUT2D eigenvalue weighted by molar-refractivity contribution is 5.61. The molecule has 3 atom stereocenters. The Bertz CT molecular complexity index is 1230. The zero-order chi connectivity index (χ0) is 25.1. The Morgan fingerprint density at radius 3 is 1.59 bits per heavy atom. The highest BCUT2D eigenvalue weighted by atomic mass is 16.6. The Morgan fingerprint density at radius 1 is 0.541 bits per heavy atom. The molecule has 0 spiro atoms. The summed E-state index contributed by atoms with van der Waals surface area (Å²) in [4.78, 5) is 0. The highest BCUT2D eigenvalue weighted by Gasteiger charge is 2.37. The van der Waals surface area contributed by atoms with E-state index in [0.29, 0.717) is 26.4 Å². The van der Waals surface area contributed by atoms with Gasteiger partial charge >= 0.3 is 0 Å². The zero-order valence-electron chi connectivity index (χ0n) is 20.8. The first-order valence-corrected chi connectivity index (χ1v) is 12.7. The number of ether oxygens (including phenoxy) is 4. The van der Waals surface area contributed by atoms with Gasteiger partial charge in [0.2, 0.25) is 0 Å². The van der Waals surface area contributed by atoms with E-state index in [-0.39, 0.29) is 18.3 Å². The Labute approximate surface area is 219 Å². The van der Waals surface area contributed by atoms with Crippen molar-refractivity contribution in [1.82, 2.24) is 0 Å². The molecule has 4 aromatic rings. The van der Waals surface area contributed by atoms with Crippen molar-refractivity contribution in [2.24, 2.45) is 0 Å². The molecule has 4 nitrogen and oxygen atoms in total. The summed E-state index contributed by atoms with van der Waals surface area (Å²) < 4.78 is 25.6. The van der Waals surface area contributed by atoms with Crippen LogP contribution >= 0.6 is 0 Å². The molecule has 0 aromatic heterocycles. The fraction of sp³-hybridized carbons (Fsp3) is 0.212. The summed E-state index contributed by atoms with van der Waals surface area (Å²) in [5.74, 6) is 0.784. The fourth-order valence-electron chi connectivity index (χ4n) is 4.37. The van der Waals surface area contributed by atoms with E-state index in [1.165, 1.54) is 0 Å². The lowest BCUT2D eigenvalue weighted by Gasteiger charge is -2.37. The van der Waals surface area contributed by atoms with Crippen LogP contribution in [0.5, 0.6) is 0 Å². The van der Waals surface area contributed by atoms with Crippen LogP contribution in [0, 0.1) is 0 Å². The van der Waals surface area contributed by atoms with Gasteiger partial charge in [0.15, 0.2) is 6.10 Å². The molecule has 0 saturated carbocycles. The van der Waals surface area contributed by atoms with E-state index < -0.39 is 0 Å². The lowest BCUT2D eigenvalue weighted by atomic mass is 10.0. The molecule has 188 valence electrons. The summed E-state index contributed by atoms with van der Waals surface area (Å²) in [6.07, 6.45) is 1.06. The molecule has 0 aliphatic carbocycles. The molecule has 0 fully saturated rings. The minimum atomic E-state index is -0.341. The third-order valence-corrected chi connectivity index (χ3v) is 6.31. The first-order chi connectivity index (χ1) is 18.3. The second-order valence-electron chi connectivity index (χ2n) is 9.08. The van der Waals surface area contributed by atoms with Gasteiger partial charge in [0.05, 0.1) is 26.4 Å². The third-order valence-electron chi connectivity index (χ3n) is 6.31. The van der Waals surface area contributed by atoms with Crippen LogP contribution in [0.2, 0.25) is 0 Å². The standard InChI is InChI=1S/C33H32O4/c1-5-13-26(14-6-1)22-34-25-32-33(36-24-28-17-9-3-10-18-28)31(35-23-27-15-7-2-8-16-27)21-30(37-32)29-19-11-4-12-20-29/h1-21,31-33H,22-25H2/t31-,32-,33-/m1/s1. The van der Waals surface area contributed by atoms with Crippen molar-refractivity contribution in [3.8, 4) is 0 Å². The molecule has 0 bridgehead atoms. The Kier molecular flexibility index (Phi) is 8.79. The van der Waals surface area contributed by atoms with Crippen LogP contribution in [0.4, 0.5) is 0 Å². The van der Waals surface area contributed by atoms with Gasteiger partial charge in [0.1, 0.15) is 18.0 Å². The lowest BCUT2D eigenvalue weighted by Crippen LogP contribution is -2.46. The van der Waals surface area contributed by atoms with E-state index in [4.69, 9.17) is 18.9 Å². The van der Waals surface area contributed by atoms with Crippen LogP contribution < -0.4 is 0 Å². The minimum Gasteiger partial charge on any atom is -0.485 e. The third kappa shape index (κ3) is 7.17. The predicted octanol–water partition coefficient (Wildman–Crippen LogP) is 6.81. The molecule has 1 heterocycles. The van der Waals surface area contributed by atoms with Crippen LogP contribution in [0.1, 0.15) is 22.3 Å². The topological polar surface area (TPSA) is 36.9 Å². The van der Waals surface area contributed by atoms with Gasteiger partial charge in [-0.15, -0.1) is 0 Å². The Balaban J connectivity index is 1.38. The summed E-state index contributed by atoms with van der Waals surface area (Å²) >= 11 is 0. The first-order valence-electron chi connectivity index (χ1n) is 12.7. The average molecular weight is 493 g/mol. The van der Waals surface area contributed by atoms with E-state index in [1.54, 1.807) is 0 Å². The van der Waals surface area contributed by atoms with Gasteiger partial charge in [-0.25, -0.2) is 0 Å². The van der Waals surface area contributed by atoms with Gasteiger partial charge in [0, 0.05) is 5.56 Å². The van der Waals surface area contributed by atoms with Crippen molar-refractivity contribution in [2.45, 2.75) is 38.1 Å². The Morgan fingerprint density at radius 2 is 1.03 bits per heavy atom. The summed E-state index contributed by atoms with van der Waals surface area (Å²) in [5, 5.41) is 0. The first kappa shape index (κ1) is 25.0. The van der Waals surface area contributed by atoms with Crippen molar-refractivity contribution in [3.05, 3.63) is 150 Å². The highest BCUT2D eigenvalue weighted by Crippen LogP contribution is 2.30. The molecule has 0 unspecified atom stereocenters. The molecule has 0 saturated heterocycles. The average Bonchev–Trinajstić information content (AvgIpc) is 2.97. The van der Waals surface area contributed by atoms with Crippen LogP contribution in [0.25, 0.3) is 5.76 Å². The van der Waals surface area contributed by atoms with Gasteiger partial charge in [-0.1, -0.05) is 121 Å². The molecule has 4 heteroatoms. The van der Waals surface area contributed by atoms with Crippen LogP contribution in [-0.4, -0.2) is 24.9 Å². The number of benzene rings is 4. The number of hydrogen-bond acceptors (Lipinski definition) is 4. The van der Waals surface area contributed by atoms with Gasteiger partial charge in [-0.05, 0) is 22.8 Å². The van der Waals surface area contributed by atoms with E-state index in [0.717, 1.165) is 28.0 Å². The Hall–Kier alpha value is -3.70. The van der Waals surface area contributed by atoms with Gasteiger partial charge in [0.25, 0.3) is 0 Å².